The molecule has 96 valence electrons. The van der Waals surface area contributed by atoms with Gasteiger partial charge in [0.15, 0.2) is 0 Å². The molecule has 4 nitrogen and oxygen atoms in total. The van der Waals surface area contributed by atoms with Gasteiger partial charge in [0, 0.05) is 42.0 Å². The lowest BCUT2D eigenvalue weighted by Crippen LogP contribution is -2.17. The molecule has 0 fully saturated rings. The summed E-state index contributed by atoms with van der Waals surface area (Å²) in [6.45, 7) is 1.61. The average molecular weight is 266 g/mol. The highest BCUT2D eigenvalue weighted by Gasteiger charge is 2.03. The van der Waals surface area contributed by atoms with Crippen molar-refractivity contribution < 1.29 is 4.74 Å². The highest BCUT2D eigenvalue weighted by Crippen LogP contribution is 2.22. The SMILES string of the molecule is COc1ccc(Cl)cc1CNCCc1cnc[nH]1. The smallest absolute Gasteiger partial charge is 0.123 e. The van der Waals surface area contributed by atoms with Crippen LogP contribution in [0.4, 0.5) is 0 Å². The number of H-pyrrole nitrogens is 1. The van der Waals surface area contributed by atoms with Crippen LogP contribution >= 0.6 is 11.6 Å². The number of ether oxygens (including phenoxy) is 1. The molecule has 0 radical (unpaired) electrons. The number of nitrogens with one attached hydrogen (secondary N) is 2. The lowest BCUT2D eigenvalue weighted by Gasteiger charge is -2.09. The molecule has 0 unspecified atom stereocenters. The first kappa shape index (κ1) is 12.9. The second-order valence-corrected chi connectivity index (χ2v) is 4.40. The molecule has 1 aromatic carbocycles. The van der Waals surface area contributed by atoms with Crippen molar-refractivity contribution in [2.45, 2.75) is 13.0 Å². The van der Waals surface area contributed by atoms with Gasteiger partial charge in [0.25, 0.3) is 0 Å². The molecule has 0 spiro atoms. The normalized spacial score (nSPS) is 10.6. The monoisotopic (exact) mass is 265 g/mol. The van der Waals surface area contributed by atoms with E-state index in [2.05, 4.69) is 15.3 Å². The van der Waals surface area contributed by atoms with Gasteiger partial charge in [-0.1, -0.05) is 11.6 Å². The predicted molar refractivity (Wildman–Crippen MR) is 72.0 cm³/mol. The minimum atomic E-state index is 0.723. The van der Waals surface area contributed by atoms with E-state index < -0.39 is 0 Å². The molecule has 18 heavy (non-hydrogen) atoms. The van der Waals surface area contributed by atoms with Crippen molar-refractivity contribution in [2.24, 2.45) is 0 Å². The number of rotatable bonds is 6. The number of aromatic amines is 1. The number of hydrogen-bond donors (Lipinski definition) is 2. The summed E-state index contributed by atoms with van der Waals surface area (Å²) in [5.74, 6) is 0.855. The molecule has 2 rings (SSSR count). The summed E-state index contributed by atoms with van der Waals surface area (Å²) in [5.41, 5.74) is 2.19. The van der Waals surface area contributed by atoms with Crippen molar-refractivity contribution >= 4 is 11.6 Å². The fourth-order valence-corrected chi connectivity index (χ4v) is 1.95. The lowest BCUT2D eigenvalue weighted by atomic mass is 10.2. The van der Waals surface area contributed by atoms with Crippen LogP contribution in [-0.4, -0.2) is 23.6 Å². The summed E-state index contributed by atoms with van der Waals surface area (Å²) in [6, 6.07) is 5.63. The standard InChI is InChI=1S/C13H16ClN3O/c1-18-13-3-2-11(14)6-10(13)7-15-5-4-12-8-16-9-17-12/h2-3,6,8-9,15H,4-5,7H2,1H3,(H,16,17). The van der Waals surface area contributed by atoms with Crippen LogP contribution in [0.1, 0.15) is 11.3 Å². The van der Waals surface area contributed by atoms with Crippen molar-refractivity contribution in [1.29, 1.82) is 0 Å². The van der Waals surface area contributed by atoms with Gasteiger partial charge in [-0.2, -0.15) is 0 Å². The number of methoxy groups -OCH3 is 1. The van der Waals surface area contributed by atoms with Gasteiger partial charge < -0.3 is 15.0 Å². The Morgan fingerprint density at radius 3 is 3.06 bits per heavy atom. The molecule has 2 aromatic rings. The summed E-state index contributed by atoms with van der Waals surface area (Å²) in [4.78, 5) is 7.05. The Bertz CT molecular complexity index is 485. The van der Waals surface area contributed by atoms with Gasteiger partial charge >= 0.3 is 0 Å². The molecule has 5 heteroatoms. The van der Waals surface area contributed by atoms with Crippen LogP contribution in [0.25, 0.3) is 0 Å². The molecule has 2 N–H and O–H groups in total. The number of imidazole rings is 1. The maximum Gasteiger partial charge on any atom is 0.123 e. The molecule has 0 saturated heterocycles. The molecule has 1 aromatic heterocycles. The van der Waals surface area contributed by atoms with Gasteiger partial charge in [0.1, 0.15) is 5.75 Å². The minimum Gasteiger partial charge on any atom is -0.496 e. The summed E-state index contributed by atoms with van der Waals surface area (Å²) in [5, 5.41) is 4.08. The summed E-state index contributed by atoms with van der Waals surface area (Å²) in [7, 11) is 1.66. The first-order valence-corrected chi connectivity index (χ1v) is 6.18. The predicted octanol–water partition coefficient (Wildman–Crippen LogP) is 2.40. The molecule has 1 heterocycles. The zero-order chi connectivity index (χ0) is 12.8. The number of hydrogen-bond acceptors (Lipinski definition) is 3. The molecular formula is C13H16ClN3O. The fraction of sp³-hybridized carbons (Fsp3) is 0.308. The largest absolute Gasteiger partial charge is 0.496 e. The third-order valence-electron chi connectivity index (χ3n) is 2.68. The van der Waals surface area contributed by atoms with Crippen LogP contribution in [0.5, 0.6) is 5.75 Å². The van der Waals surface area contributed by atoms with E-state index in [-0.39, 0.29) is 0 Å². The zero-order valence-electron chi connectivity index (χ0n) is 10.2. The highest BCUT2D eigenvalue weighted by molar-refractivity contribution is 6.30. The van der Waals surface area contributed by atoms with Crippen molar-refractivity contribution in [2.75, 3.05) is 13.7 Å². The second kappa shape index (κ2) is 6.42. The van der Waals surface area contributed by atoms with Gasteiger partial charge in [0.2, 0.25) is 0 Å². The van der Waals surface area contributed by atoms with Crippen molar-refractivity contribution in [3.05, 3.63) is 47.0 Å². The first-order chi connectivity index (χ1) is 8.79. The zero-order valence-corrected chi connectivity index (χ0v) is 11.0. The van der Waals surface area contributed by atoms with E-state index in [0.29, 0.717) is 0 Å². The van der Waals surface area contributed by atoms with Crippen LogP contribution in [0.15, 0.2) is 30.7 Å². The van der Waals surface area contributed by atoms with E-state index in [1.165, 1.54) is 0 Å². The maximum absolute atomic E-state index is 5.97. The molecule has 0 amide bonds. The molecule has 0 bridgehead atoms. The van der Waals surface area contributed by atoms with Crippen LogP contribution in [0, 0.1) is 0 Å². The van der Waals surface area contributed by atoms with E-state index in [0.717, 1.165) is 41.5 Å². The number of aromatic nitrogens is 2. The Morgan fingerprint density at radius 1 is 1.44 bits per heavy atom. The van der Waals surface area contributed by atoms with Gasteiger partial charge in [0.05, 0.1) is 13.4 Å². The number of benzene rings is 1. The third kappa shape index (κ3) is 3.48. The minimum absolute atomic E-state index is 0.723. The average Bonchev–Trinajstić information content (AvgIpc) is 2.88. The van der Waals surface area contributed by atoms with Crippen molar-refractivity contribution in [3.63, 3.8) is 0 Å². The Labute approximate surface area is 111 Å². The van der Waals surface area contributed by atoms with E-state index in [9.17, 15) is 0 Å². The Morgan fingerprint density at radius 2 is 2.33 bits per heavy atom. The maximum atomic E-state index is 5.97. The molecular weight excluding hydrogens is 250 g/mol. The van der Waals surface area contributed by atoms with E-state index >= 15 is 0 Å². The van der Waals surface area contributed by atoms with Crippen LogP contribution < -0.4 is 10.1 Å². The summed E-state index contributed by atoms with van der Waals surface area (Å²) >= 11 is 5.97. The number of nitrogens with zero attached hydrogens (tertiary/aromatic N) is 1. The van der Waals surface area contributed by atoms with Crippen molar-refractivity contribution in [1.82, 2.24) is 15.3 Å². The Kier molecular flexibility index (Phi) is 4.61. The van der Waals surface area contributed by atoms with Crippen LogP contribution in [0.2, 0.25) is 5.02 Å². The lowest BCUT2D eigenvalue weighted by molar-refractivity contribution is 0.408. The van der Waals surface area contributed by atoms with Crippen molar-refractivity contribution in [3.8, 4) is 5.75 Å². The van der Waals surface area contributed by atoms with Crippen LogP contribution in [0.3, 0.4) is 0 Å². The summed E-state index contributed by atoms with van der Waals surface area (Å²) in [6.07, 6.45) is 4.44. The van der Waals surface area contributed by atoms with E-state index in [1.54, 1.807) is 13.4 Å². The molecule has 0 aliphatic carbocycles. The van der Waals surface area contributed by atoms with Gasteiger partial charge in [-0.05, 0) is 18.2 Å². The van der Waals surface area contributed by atoms with Gasteiger partial charge in [-0.15, -0.1) is 0 Å². The first-order valence-electron chi connectivity index (χ1n) is 5.80. The molecule has 0 saturated carbocycles. The van der Waals surface area contributed by atoms with Gasteiger partial charge in [-0.25, -0.2) is 4.98 Å². The van der Waals surface area contributed by atoms with Gasteiger partial charge in [-0.3, -0.25) is 0 Å². The van der Waals surface area contributed by atoms with E-state index in [1.807, 2.05) is 24.4 Å². The Hall–Kier alpha value is -1.52. The summed E-state index contributed by atoms with van der Waals surface area (Å²) < 4.78 is 5.29. The quantitative estimate of drug-likeness (QED) is 0.789. The van der Waals surface area contributed by atoms with Crippen LogP contribution in [-0.2, 0) is 13.0 Å². The highest BCUT2D eigenvalue weighted by atomic mass is 35.5. The number of halogens is 1. The topological polar surface area (TPSA) is 49.9 Å². The molecule has 0 aliphatic heterocycles. The Balaban J connectivity index is 1.84. The third-order valence-corrected chi connectivity index (χ3v) is 2.92. The fourth-order valence-electron chi connectivity index (χ4n) is 1.75. The molecule has 0 aliphatic rings. The molecule has 0 atom stereocenters. The second-order valence-electron chi connectivity index (χ2n) is 3.96. The van der Waals surface area contributed by atoms with E-state index in [4.69, 9.17) is 16.3 Å².